The lowest BCUT2D eigenvalue weighted by Gasteiger charge is -2.05. The van der Waals surface area contributed by atoms with Gasteiger partial charge in [0.2, 0.25) is 0 Å². The van der Waals surface area contributed by atoms with Gasteiger partial charge in [-0.25, -0.2) is 4.79 Å². The van der Waals surface area contributed by atoms with Gasteiger partial charge in [0.25, 0.3) is 0 Å². The van der Waals surface area contributed by atoms with Gasteiger partial charge in [-0.3, -0.25) is 4.98 Å². The van der Waals surface area contributed by atoms with Gasteiger partial charge in [-0.2, -0.15) is 0 Å². The highest BCUT2D eigenvalue weighted by Crippen LogP contribution is 2.17. The molecule has 1 N–H and O–H groups in total. The van der Waals surface area contributed by atoms with Gasteiger partial charge >= 0.3 is 5.76 Å². The molecule has 0 saturated carbocycles. The van der Waals surface area contributed by atoms with E-state index in [0.29, 0.717) is 5.92 Å². The number of rotatable bonds is 3. The zero-order valence-electron chi connectivity index (χ0n) is 9.49. The lowest BCUT2D eigenvalue weighted by molar-refractivity contribution is 0.515. The molecule has 2 aromatic rings. The Morgan fingerprint density at radius 2 is 1.94 bits per heavy atom. The summed E-state index contributed by atoms with van der Waals surface area (Å²) in [4.78, 5) is 13.5. The SMILES string of the molecule is CC(C)Cc1ccc(-c2coc(=O)[nH]2)cc1. The second kappa shape index (κ2) is 4.39. The minimum atomic E-state index is -0.416. The largest absolute Gasteiger partial charge is 0.416 e. The van der Waals surface area contributed by atoms with Crippen molar-refractivity contribution in [2.75, 3.05) is 0 Å². The van der Waals surface area contributed by atoms with Crippen molar-refractivity contribution in [3.05, 3.63) is 46.6 Å². The van der Waals surface area contributed by atoms with Crippen molar-refractivity contribution in [3.8, 4) is 11.3 Å². The van der Waals surface area contributed by atoms with E-state index in [-0.39, 0.29) is 0 Å². The number of aromatic amines is 1. The molecule has 1 aromatic carbocycles. The second-order valence-electron chi connectivity index (χ2n) is 4.36. The Labute approximate surface area is 94.1 Å². The maximum atomic E-state index is 10.9. The number of aromatic nitrogens is 1. The van der Waals surface area contributed by atoms with Crippen LogP contribution in [0.2, 0.25) is 0 Å². The van der Waals surface area contributed by atoms with Crippen molar-refractivity contribution in [1.82, 2.24) is 4.98 Å². The van der Waals surface area contributed by atoms with Crippen LogP contribution in [-0.2, 0) is 6.42 Å². The summed E-state index contributed by atoms with van der Waals surface area (Å²) in [6.45, 7) is 4.39. The van der Waals surface area contributed by atoms with Gasteiger partial charge in [-0.1, -0.05) is 38.1 Å². The monoisotopic (exact) mass is 217 g/mol. The van der Waals surface area contributed by atoms with Gasteiger partial charge in [0, 0.05) is 5.56 Å². The maximum Gasteiger partial charge on any atom is 0.416 e. The predicted molar refractivity (Wildman–Crippen MR) is 63.3 cm³/mol. The van der Waals surface area contributed by atoms with E-state index in [1.54, 1.807) is 0 Å². The van der Waals surface area contributed by atoms with E-state index < -0.39 is 5.76 Å². The molecule has 1 aromatic heterocycles. The number of hydrogen-bond acceptors (Lipinski definition) is 2. The molecule has 0 aliphatic carbocycles. The fourth-order valence-corrected chi connectivity index (χ4v) is 1.71. The van der Waals surface area contributed by atoms with E-state index in [0.717, 1.165) is 17.7 Å². The van der Waals surface area contributed by atoms with Crippen LogP contribution >= 0.6 is 0 Å². The first-order valence-corrected chi connectivity index (χ1v) is 5.42. The van der Waals surface area contributed by atoms with Gasteiger partial charge in [0.05, 0.1) is 5.69 Å². The first-order chi connectivity index (χ1) is 7.65. The van der Waals surface area contributed by atoms with Crippen molar-refractivity contribution in [1.29, 1.82) is 0 Å². The number of H-pyrrole nitrogens is 1. The molecule has 2 rings (SSSR count). The first-order valence-electron chi connectivity index (χ1n) is 5.42. The molecule has 0 amide bonds. The number of nitrogens with one attached hydrogen (secondary N) is 1. The molecule has 1 heterocycles. The zero-order valence-corrected chi connectivity index (χ0v) is 9.49. The molecule has 0 radical (unpaired) electrons. The van der Waals surface area contributed by atoms with Crippen LogP contribution in [0.5, 0.6) is 0 Å². The molecular weight excluding hydrogens is 202 g/mol. The predicted octanol–water partition coefficient (Wildman–Crippen LogP) is 2.83. The second-order valence-corrected chi connectivity index (χ2v) is 4.36. The quantitative estimate of drug-likeness (QED) is 0.859. The molecule has 84 valence electrons. The van der Waals surface area contributed by atoms with Crippen LogP contribution in [-0.4, -0.2) is 4.98 Å². The lowest BCUT2D eigenvalue weighted by atomic mass is 10.0. The zero-order chi connectivity index (χ0) is 11.5. The van der Waals surface area contributed by atoms with Crippen LogP contribution in [0.1, 0.15) is 19.4 Å². The average Bonchev–Trinajstić information content (AvgIpc) is 2.65. The van der Waals surface area contributed by atoms with Gasteiger partial charge < -0.3 is 4.42 Å². The van der Waals surface area contributed by atoms with Gasteiger partial charge in [-0.05, 0) is 17.9 Å². The average molecular weight is 217 g/mol. The van der Waals surface area contributed by atoms with Crippen molar-refractivity contribution in [2.45, 2.75) is 20.3 Å². The van der Waals surface area contributed by atoms with Crippen molar-refractivity contribution in [3.63, 3.8) is 0 Å². The maximum absolute atomic E-state index is 10.9. The van der Waals surface area contributed by atoms with E-state index in [9.17, 15) is 4.79 Å². The number of hydrogen-bond donors (Lipinski definition) is 1. The van der Waals surface area contributed by atoms with Crippen molar-refractivity contribution in [2.24, 2.45) is 5.92 Å². The van der Waals surface area contributed by atoms with E-state index in [1.807, 2.05) is 12.1 Å². The highest BCUT2D eigenvalue weighted by Gasteiger charge is 2.02. The van der Waals surface area contributed by atoms with Crippen LogP contribution in [0.4, 0.5) is 0 Å². The van der Waals surface area contributed by atoms with Crippen LogP contribution in [0, 0.1) is 5.92 Å². The summed E-state index contributed by atoms with van der Waals surface area (Å²) >= 11 is 0. The number of benzene rings is 1. The molecule has 0 bridgehead atoms. The summed E-state index contributed by atoms with van der Waals surface area (Å²) in [5.41, 5.74) is 3.00. The minimum Gasteiger partial charge on any atom is -0.416 e. The summed E-state index contributed by atoms with van der Waals surface area (Å²) in [5.74, 6) is 0.237. The standard InChI is InChI=1S/C13H15NO2/c1-9(2)7-10-3-5-11(6-4-10)12-8-16-13(15)14-12/h3-6,8-9H,7H2,1-2H3,(H,14,15). The Kier molecular flexibility index (Phi) is 2.95. The molecule has 0 spiro atoms. The molecule has 0 fully saturated rings. The van der Waals surface area contributed by atoms with Gasteiger partial charge in [-0.15, -0.1) is 0 Å². The van der Waals surface area contributed by atoms with Crippen LogP contribution in [0.15, 0.2) is 39.7 Å². The molecule has 0 aliphatic heterocycles. The van der Waals surface area contributed by atoms with Gasteiger partial charge in [0.15, 0.2) is 0 Å². The normalized spacial score (nSPS) is 10.9. The Hall–Kier alpha value is -1.77. The third-order valence-corrected chi connectivity index (χ3v) is 2.43. The van der Waals surface area contributed by atoms with Crippen molar-refractivity contribution >= 4 is 0 Å². The topological polar surface area (TPSA) is 46.0 Å². The van der Waals surface area contributed by atoms with Crippen LogP contribution in [0.25, 0.3) is 11.3 Å². The van der Waals surface area contributed by atoms with Crippen LogP contribution in [0.3, 0.4) is 0 Å². The molecule has 3 nitrogen and oxygen atoms in total. The molecule has 0 aliphatic rings. The molecule has 0 atom stereocenters. The summed E-state index contributed by atoms with van der Waals surface area (Å²) in [7, 11) is 0. The Morgan fingerprint density at radius 1 is 1.25 bits per heavy atom. The van der Waals surface area contributed by atoms with E-state index in [2.05, 4.69) is 31.0 Å². The lowest BCUT2D eigenvalue weighted by Crippen LogP contribution is -1.95. The Bertz CT molecular complexity index is 505. The fraction of sp³-hybridized carbons (Fsp3) is 0.308. The van der Waals surface area contributed by atoms with E-state index in [4.69, 9.17) is 4.42 Å². The molecule has 16 heavy (non-hydrogen) atoms. The molecular formula is C13H15NO2. The highest BCUT2D eigenvalue weighted by atomic mass is 16.4. The molecule has 0 unspecified atom stereocenters. The molecule has 0 saturated heterocycles. The minimum absolute atomic E-state index is 0.416. The highest BCUT2D eigenvalue weighted by molar-refractivity contribution is 5.57. The Morgan fingerprint density at radius 3 is 2.44 bits per heavy atom. The first kappa shape index (κ1) is 10.7. The third kappa shape index (κ3) is 2.42. The fourth-order valence-electron chi connectivity index (χ4n) is 1.71. The summed E-state index contributed by atoms with van der Waals surface area (Å²) < 4.78 is 4.70. The summed E-state index contributed by atoms with van der Waals surface area (Å²) in [5, 5.41) is 0. The van der Waals surface area contributed by atoms with Gasteiger partial charge in [0.1, 0.15) is 6.26 Å². The number of oxazole rings is 1. The van der Waals surface area contributed by atoms with E-state index in [1.165, 1.54) is 11.8 Å². The Balaban J connectivity index is 2.22. The van der Waals surface area contributed by atoms with Crippen LogP contribution < -0.4 is 5.76 Å². The summed E-state index contributed by atoms with van der Waals surface area (Å²) in [6, 6.07) is 8.16. The van der Waals surface area contributed by atoms with Crippen molar-refractivity contribution < 1.29 is 4.42 Å². The molecule has 3 heteroatoms. The van der Waals surface area contributed by atoms with E-state index >= 15 is 0 Å². The third-order valence-electron chi connectivity index (χ3n) is 2.43. The summed E-state index contributed by atoms with van der Waals surface area (Å²) in [6.07, 6.45) is 2.52. The smallest absolute Gasteiger partial charge is 0.416 e.